The summed E-state index contributed by atoms with van der Waals surface area (Å²) in [6.45, 7) is 6.42. The lowest BCUT2D eigenvalue weighted by Crippen LogP contribution is -2.24. The van der Waals surface area contributed by atoms with E-state index in [-0.39, 0.29) is 5.91 Å². The zero-order chi connectivity index (χ0) is 11.1. The van der Waals surface area contributed by atoms with Crippen LogP contribution in [0.4, 0.5) is 0 Å². The third kappa shape index (κ3) is 4.55. The van der Waals surface area contributed by atoms with Crippen molar-refractivity contribution in [2.45, 2.75) is 26.9 Å². The van der Waals surface area contributed by atoms with Gasteiger partial charge in [-0.25, -0.2) is 0 Å². The molecule has 84 valence electrons. The van der Waals surface area contributed by atoms with Gasteiger partial charge in [0.2, 0.25) is 5.91 Å². The van der Waals surface area contributed by atoms with Gasteiger partial charge in [-0.05, 0) is 6.54 Å². The summed E-state index contributed by atoms with van der Waals surface area (Å²) in [5, 5.41) is 13.8. The second-order valence-electron chi connectivity index (χ2n) is 3.24. The van der Waals surface area contributed by atoms with E-state index < -0.39 is 0 Å². The molecule has 0 saturated carbocycles. The number of hydrogen-bond donors (Lipinski definition) is 2. The van der Waals surface area contributed by atoms with E-state index in [1.807, 2.05) is 13.1 Å². The van der Waals surface area contributed by atoms with Crippen LogP contribution in [-0.2, 0) is 17.9 Å². The predicted octanol–water partition coefficient (Wildman–Crippen LogP) is -0.476. The second-order valence-corrected chi connectivity index (χ2v) is 3.24. The van der Waals surface area contributed by atoms with Crippen LogP contribution in [-0.4, -0.2) is 34.0 Å². The summed E-state index contributed by atoms with van der Waals surface area (Å²) in [5.41, 5.74) is 0.916. The minimum Gasteiger partial charge on any atom is -0.354 e. The molecule has 1 aromatic rings. The summed E-state index contributed by atoms with van der Waals surface area (Å²) in [6, 6.07) is 0. The number of nitrogens with one attached hydrogen (secondary N) is 2. The highest BCUT2D eigenvalue weighted by Crippen LogP contribution is 1.91. The molecule has 0 unspecified atom stereocenters. The Hall–Kier alpha value is -1.43. The molecule has 1 heterocycles. The van der Waals surface area contributed by atoms with E-state index in [4.69, 9.17) is 0 Å². The van der Waals surface area contributed by atoms with Crippen LogP contribution >= 0.6 is 0 Å². The Bertz CT molecular complexity index is 309. The lowest BCUT2D eigenvalue weighted by molar-refractivity contribution is -0.118. The van der Waals surface area contributed by atoms with Crippen LogP contribution in [0.3, 0.4) is 0 Å². The molecule has 2 N–H and O–H groups in total. The van der Waals surface area contributed by atoms with Gasteiger partial charge < -0.3 is 10.6 Å². The summed E-state index contributed by atoms with van der Waals surface area (Å²) in [6.07, 6.45) is 1.88. The number of hydrogen-bond acceptors (Lipinski definition) is 4. The van der Waals surface area contributed by atoms with Crippen molar-refractivity contribution < 1.29 is 4.79 Å². The zero-order valence-corrected chi connectivity index (χ0v) is 9.16. The van der Waals surface area contributed by atoms with E-state index in [1.165, 1.54) is 6.92 Å². The highest BCUT2D eigenvalue weighted by atomic mass is 16.1. The first-order valence-corrected chi connectivity index (χ1v) is 5.06. The molecule has 0 saturated heterocycles. The minimum absolute atomic E-state index is 0.0250. The van der Waals surface area contributed by atoms with Gasteiger partial charge in [-0.3, -0.25) is 9.48 Å². The molecule has 0 aliphatic carbocycles. The number of aromatic nitrogens is 3. The molecule has 6 nitrogen and oxygen atoms in total. The number of carbonyl (C=O) groups is 1. The quantitative estimate of drug-likeness (QED) is 0.667. The molecule has 1 aromatic heterocycles. The summed E-state index contributed by atoms with van der Waals surface area (Å²) in [4.78, 5) is 10.6. The summed E-state index contributed by atoms with van der Waals surface area (Å²) < 4.78 is 1.72. The van der Waals surface area contributed by atoms with E-state index in [0.717, 1.165) is 18.8 Å². The maximum atomic E-state index is 10.6. The zero-order valence-electron chi connectivity index (χ0n) is 9.16. The molecule has 1 amide bonds. The Balaban J connectivity index is 2.29. The topological polar surface area (TPSA) is 71.8 Å². The van der Waals surface area contributed by atoms with E-state index in [0.29, 0.717) is 13.1 Å². The van der Waals surface area contributed by atoms with Gasteiger partial charge in [0.25, 0.3) is 0 Å². The number of nitrogens with zero attached hydrogens (tertiary/aromatic N) is 3. The van der Waals surface area contributed by atoms with Gasteiger partial charge in [-0.15, -0.1) is 5.10 Å². The van der Waals surface area contributed by atoms with E-state index in [1.54, 1.807) is 4.68 Å². The molecule has 6 heteroatoms. The Labute approximate surface area is 89.0 Å². The largest absolute Gasteiger partial charge is 0.354 e. The number of amides is 1. The predicted molar refractivity (Wildman–Crippen MR) is 56.1 cm³/mol. The molecule has 0 spiro atoms. The van der Waals surface area contributed by atoms with Crippen LogP contribution in [0, 0.1) is 0 Å². The van der Waals surface area contributed by atoms with Crippen molar-refractivity contribution in [3.63, 3.8) is 0 Å². The van der Waals surface area contributed by atoms with Crippen molar-refractivity contribution in [2.75, 3.05) is 13.1 Å². The molecular formula is C9H17N5O. The lowest BCUT2D eigenvalue weighted by atomic mass is 10.4. The first-order valence-electron chi connectivity index (χ1n) is 5.06. The number of carbonyl (C=O) groups excluding carboxylic acids is 1. The number of rotatable bonds is 6. The average molecular weight is 211 g/mol. The third-order valence-electron chi connectivity index (χ3n) is 1.86. The Morgan fingerprint density at radius 2 is 2.40 bits per heavy atom. The molecule has 0 radical (unpaired) electrons. The van der Waals surface area contributed by atoms with Crippen LogP contribution in [0.25, 0.3) is 0 Å². The van der Waals surface area contributed by atoms with Crippen molar-refractivity contribution in [1.82, 2.24) is 25.6 Å². The standard InChI is InChI=1S/C9H17N5O/c1-3-10-6-9-7-14(13-12-9)5-4-11-8(2)15/h7,10H,3-6H2,1-2H3,(H,11,15). The van der Waals surface area contributed by atoms with E-state index in [2.05, 4.69) is 20.9 Å². The van der Waals surface area contributed by atoms with Crippen LogP contribution < -0.4 is 10.6 Å². The summed E-state index contributed by atoms with van der Waals surface area (Å²) >= 11 is 0. The molecular weight excluding hydrogens is 194 g/mol. The van der Waals surface area contributed by atoms with Crippen LogP contribution in [0.2, 0.25) is 0 Å². The van der Waals surface area contributed by atoms with Crippen LogP contribution in [0.1, 0.15) is 19.5 Å². The molecule has 0 aromatic carbocycles. The highest BCUT2D eigenvalue weighted by molar-refractivity contribution is 5.72. The van der Waals surface area contributed by atoms with E-state index >= 15 is 0 Å². The maximum Gasteiger partial charge on any atom is 0.216 e. The third-order valence-corrected chi connectivity index (χ3v) is 1.86. The molecule has 1 rings (SSSR count). The van der Waals surface area contributed by atoms with Gasteiger partial charge in [-0.2, -0.15) is 0 Å². The van der Waals surface area contributed by atoms with Crippen LogP contribution in [0.5, 0.6) is 0 Å². The molecule has 0 aliphatic heterocycles. The summed E-state index contributed by atoms with van der Waals surface area (Å²) in [7, 11) is 0. The first-order chi connectivity index (χ1) is 7.22. The smallest absolute Gasteiger partial charge is 0.216 e. The molecule has 0 atom stereocenters. The fourth-order valence-electron chi connectivity index (χ4n) is 1.13. The normalized spacial score (nSPS) is 10.3. The van der Waals surface area contributed by atoms with Gasteiger partial charge >= 0.3 is 0 Å². The Morgan fingerprint density at radius 3 is 3.07 bits per heavy atom. The van der Waals surface area contributed by atoms with E-state index in [9.17, 15) is 4.79 Å². The van der Waals surface area contributed by atoms with Gasteiger partial charge in [0.05, 0.1) is 12.2 Å². The van der Waals surface area contributed by atoms with Crippen molar-refractivity contribution >= 4 is 5.91 Å². The Kier molecular flexibility index (Phi) is 4.76. The van der Waals surface area contributed by atoms with Gasteiger partial charge in [0, 0.05) is 26.2 Å². The molecule has 0 aliphatic rings. The lowest BCUT2D eigenvalue weighted by Gasteiger charge is -2.00. The van der Waals surface area contributed by atoms with Crippen molar-refractivity contribution in [3.8, 4) is 0 Å². The fourth-order valence-corrected chi connectivity index (χ4v) is 1.13. The van der Waals surface area contributed by atoms with Crippen molar-refractivity contribution in [2.24, 2.45) is 0 Å². The van der Waals surface area contributed by atoms with Gasteiger partial charge in [-0.1, -0.05) is 12.1 Å². The SMILES string of the molecule is CCNCc1cn(CCNC(C)=O)nn1. The van der Waals surface area contributed by atoms with Crippen LogP contribution in [0.15, 0.2) is 6.20 Å². The maximum absolute atomic E-state index is 10.6. The Morgan fingerprint density at radius 1 is 1.60 bits per heavy atom. The van der Waals surface area contributed by atoms with Gasteiger partial charge in [0.1, 0.15) is 0 Å². The summed E-state index contributed by atoms with van der Waals surface area (Å²) in [5.74, 6) is -0.0250. The van der Waals surface area contributed by atoms with Crippen molar-refractivity contribution in [1.29, 1.82) is 0 Å². The van der Waals surface area contributed by atoms with Gasteiger partial charge in [0.15, 0.2) is 0 Å². The average Bonchev–Trinajstić information content (AvgIpc) is 2.62. The van der Waals surface area contributed by atoms with Crippen molar-refractivity contribution in [3.05, 3.63) is 11.9 Å². The monoisotopic (exact) mass is 211 g/mol. The molecule has 15 heavy (non-hydrogen) atoms. The first kappa shape index (κ1) is 11.6. The molecule has 0 bridgehead atoms. The minimum atomic E-state index is -0.0250. The second kappa shape index (κ2) is 6.13. The highest BCUT2D eigenvalue weighted by Gasteiger charge is 1.99. The molecule has 0 fully saturated rings. The fraction of sp³-hybridized carbons (Fsp3) is 0.667.